The molecule has 0 fully saturated rings. The molecule has 1 aromatic rings. The summed E-state index contributed by atoms with van der Waals surface area (Å²) < 4.78 is 7.42. The Bertz CT molecular complexity index is 373. The van der Waals surface area contributed by atoms with Gasteiger partial charge in [0.15, 0.2) is 5.82 Å². The summed E-state index contributed by atoms with van der Waals surface area (Å²) in [5.41, 5.74) is 7.83. The maximum absolute atomic E-state index is 6.16. The van der Waals surface area contributed by atoms with E-state index in [0.717, 1.165) is 36.9 Å². The molecule has 5 heteroatoms. The van der Waals surface area contributed by atoms with Crippen LogP contribution in [0, 0.1) is 6.92 Å². The Labute approximate surface area is 110 Å². The fraction of sp³-hybridized carbons (Fsp3) is 0.769. The lowest BCUT2D eigenvalue weighted by molar-refractivity contribution is 0.153. The molecule has 0 aliphatic heterocycles. The second kappa shape index (κ2) is 6.64. The van der Waals surface area contributed by atoms with Crippen LogP contribution in [0.15, 0.2) is 0 Å². The summed E-state index contributed by atoms with van der Waals surface area (Å²) in [5.74, 6) is 1.02. The lowest BCUT2D eigenvalue weighted by Crippen LogP contribution is -2.30. The van der Waals surface area contributed by atoms with E-state index in [2.05, 4.69) is 30.8 Å². The molecule has 0 spiro atoms. The van der Waals surface area contributed by atoms with Gasteiger partial charge in [0.2, 0.25) is 0 Å². The Morgan fingerprint density at radius 2 is 2.06 bits per heavy atom. The molecule has 1 aromatic heterocycles. The zero-order valence-electron chi connectivity index (χ0n) is 12.2. The van der Waals surface area contributed by atoms with Gasteiger partial charge in [0.1, 0.15) is 0 Å². The van der Waals surface area contributed by atoms with E-state index in [1.807, 2.05) is 18.5 Å². The second-order valence-electron chi connectivity index (χ2n) is 4.64. The zero-order valence-corrected chi connectivity index (χ0v) is 12.2. The van der Waals surface area contributed by atoms with Gasteiger partial charge >= 0.3 is 0 Å². The first-order valence-electron chi connectivity index (χ1n) is 6.70. The van der Waals surface area contributed by atoms with E-state index >= 15 is 0 Å². The summed E-state index contributed by atoms with van der Waals surface area (Å²) >= 11 is 0. The number of ether oxygens (including phenoxy) is 1. The summed E-state index contributed by atoms with van der Waals surface area (Å²) in [4.78, 5) is 2.23. The number of nitrogens with zero attached hydrogens (tertiary/aromatic N) is 3. The molecular weight excluding hydrogens is 228 g/mol. The first-order chi connectivity index (χ1) is 8.52. The van der Waals surface area contributed by atoms with Crippen LogP contribution in [0.4, 0.5) is 11.5 Å². The molecule has 0 amide bonds. The summed E-state index contributed by atoms with van der Waals surface area (Å²) in [7, 11) is 0. The predicted octanol–water partition coefficient (Wildman–Crippen LogP) is 2.22. The molecule has 18 heavy (non-hydrogen) atoms. The van der Waals surface area contributed by atoms with Crippen molar-refractivity contribution in [1.82, 2.24) is 9.78 Å². The maximum atomic E-state index is 6.16. The summed E-state index contributed by atoms with van der Waals surface area (Å²) in [6.07, 6.45) is 0. The number of nitrogen functional groups attached to an aromatic ring is 1. The lowest BCUT2D eigenvalue weighted by atomic mass is 10.3. The Balaban J connectivity index is 2.96. The number of hydrogen-bond acceptors (Lipinski definition) is 4. The Kier molecular flexibility index (Phi) is 5.47. The largest absolute Gasteiger partial charge is 0.394 e. The van der Waals surface area contributed by atoms with E-state index in [1.54, 1.807) is 0 Å². The molecule has 1 rings (SSSR count). The van der Waals surface area contributed by atoms with Gasteiger partial charge in [-0.3, -0.25) is 0 Å². The summed E-state index contributed by atoms with van der Waals surface area (Å²) in [6.45, 7) is 13.5. The van der Waals surface area contributed by atoms with Crippen LogP contribution < -0.4 is 10.6 Å². The van der Waals surface area contributed by atoms with Gasteiger partial charge in [-0.1, -0.05) is 0 Å². The normalized spacial score (nSPS) is 11.2. The average Bonchev–Trinajstić information content (AvgIpc) is 2.63. The van der Waals surface area contributed by atoms with Crippen LogP contribution in [0.25, 0.3) is 0 Å². The molecule has 5 nitrogen and oxygen atoms in total. The highest BCUT2D eigenvalue weighted by molar-refractivity contribution is 5.66. The maximum Gasteiger partial charge on any atom is 0.150 e. The van der Waals surface area contributed by atoms with E-state index in [0.29, 0.717) is 12.6 Å². The first-order valence-corrected chi connectivity index (χ1v) is 6.70. The molecule has 1 heterocycles. The van der Waals surface area contributed by atoms with Crippen LogP contribution in [-0.2, 0) is 4.74 Å². The van der Waals surface area contributed by atoms with Crippen molar-refractivity contribution < 1.29 is 4.74 Å². The molecule has 0 atom stereocenters. The van der Waals surface area contributed by atoms with Gasteiger partial charge < -0.3 is 15.4 Å². The van der Waals surface area contributed by atoms with Crippen molar-refractivity contribution in [2.45, 2.75) is 40.7 Å². The Morgan fingerprint density at radius 3 is 2.56 bits per heavy atom. The van der Waals surface area contributed by atoms with E-state index in [-0.39, 0.29) is 0 Å². The highest BCUT2D eigenvalue weighted by atomic mass is 16.5. The Morgan fingerprint density at radius 1 is 1.39 bits per heavy atom. The summed E-state index contributed by atoms with van der Waals surface area (Å²) in [6, 6.07) is 0.303. The molecule has 0 aliphatic rings. The molecule has 0 unspecified atom stereocenters. The quantitative estimate of drug-likeness (QED) is 0.758. The van der Waals surface area contributed by atoms with Gasteiger partial charge in [0.05, 0.1) is 18.0 Å². The number of likely N-dealkylation sites (N-methyl/N-ethyl adjacent to an activating group) is 1. The highest BCUT2D eigenvalue weighted by Gasteiger charge is 2.19. The summed E-state index contributed by atoms with van der Waals surface area (Å²) in [5, 5.41) is 4.52. The van der Waals surface area contributed by atoms with Crippen molar-refractivity contribution in [3.8, 4) is 0 Å². The van der Waals surface area contributed by atoms with Crippen LogP contribution in [-0.4, -0.2) is 36.1 Å². The van der Waals surface area contributed by atoms with Crippen molar-refractivity contribution in [2.75, 3.05) is 36.9 Å². The second-order valence-corrected chi connectivity index (χ2v) is 4.64. The minimum absolute atomic E-state index is 0.303. The van der Waals surface area contributed by atoms with E-state index < -0.39 is 0 Å². The molecule has 2 N–H and O–H groups in total. The molecule has 0 radical (unpaired) electrons. The minimum Gasteiger partial charge on any atom is -0.394 e. The number of nitrogens with two attached hydrogens (primary N) is 1. The number of anilines is 2. The molecule has 0 bridgehead atoms. The SMILES string of the molecule is CCOCCN(CC)c1c(N)c(C)nn1C(C)C. The van der Waals surface area contributed by atoms with Crippen molar-refractivity contribution in [1.29, 1.82) is 0 Å². The topological polar surface area (TPSA) is 56.3 Å². The zero-order chi connectivity index (χ0) is 13.7. The van der Waals surface area contributed by atoms with Gasteiger partial charge in [-0.25, -0.2) is 4.68 Å². The fourth-order valence-corrected chi connectivity index (χ4v) is 1.96. The molecule has 0 aliphatic carbocycles. The van der Waals surface area contributed by atoms with Gasteiger partial charge in [-0.15, -0.1) is 0 Å². The van der Waals surface area contributed by atoms with Crippen LogP contribution >= 0.6 is 0 Å². The Hall–Kier alpha value is -1.23. The average molecular weight is 254 g/mol. The van der Waals surface area contributed by atoms with Crippen LogP contribution in [0.3, 0.4) is 0 Å². The van der Waals surface area contributed by atoms with Crippen molar-refractivity contribution >= 4 is 11.5 Å². The third kappa shape index (κ3) is 3.16. The number of aromatic nitrogens is 2. The molecule has 0 saturated carbocycles. The van der Waals surface area contributed by atoms with Gasteiger partial charge in [-0.2, -0.15) is 5.10 Å². The molecule has 104 valence electrons. The number of aryl methyl sites for hydroxylation is 1. The van der Waals surface area contributed by atoms with Gasteiger partial charge in [0, 0.05) is 25.7 Å². The van der Waals surface area contributed by atoms with Crippen molar-refractivity contribution in [3.05, 3.63) is 5.69 Å². The number of rotatable bonds is 7. The van der Waals surface area contributed by atoms with E-state index in [1.165, 1.54) is 0 Å². The monoisotopic (exact) mass is 254 g/mol. The van der Waals surface area contributed by atoms with Crippen molar-refractivity contribution in [3.63, 3.8) is 0 Å². The molecular formula is C13H26N4O. The van der Waals surface area contributed by atoms with Crippen molar-refractivity contribution in [2.24, 2.45) is 0 Å². The van der Waals surface area contributed by atoms with Gasteiger partial charge in [0.25, 0.3) is 0 Å². The lowest BCUT2D eigenvalue weighted by Gasteiger charge is -2.25. The van der Waals surface area contributed by atoms with Crippen LogP contribution in [0.5, 0.6) is 0 Å². The van der Waals surface area contributed by atoms with Gasteiger partial charge in [-0.05, 0) is 34.6 Å². The third-order valence-electron chi connectivity index (χ3n) is 2.99. The third-order valence-corrected chi connectivity index (χ3v) is 2.99. The van der Waals surface area contributed by atoms with Crippen LogP contribution in [0.1, 0.15) is 39.4 Å². The molecule has 0 aromatic carbocycles. The minimum atomic E-state index is 0.303. The standard InChI is InChI=1S/C13H26N4O/c1-6-16(8-9-18-7-2)13-12(14)11(5)15-17(13)10(3)4/h10H,6-9,14H2,1-5H3. The predicted molar refractivity (Wildman–Crippen MR) is 76.1 cm³/mol. The molecule has 0 saturated heterocycles. The highest BCUT2D eigenvalue weighted by Crippen LogP contribution is 2.29. The smallest absolute Gasteiger partial charge is 0.150 e. The van der Waals surface area contributed by atoms with Crippen LogP contribution in [0.2, 0.25) is 0 Å². The first kappa shape index (κ1) is 14.8. The fourth-order valence-electron chi connectivity index (χ4n) is 1.96. The number of hydrogen-bond donors (Lipinski definition) is 1. The van der Waals surface area contributed by atoms with E-state index in [9.17, 15) is 0 Å². The van der Waals surface area contributed by atoms with E-state index in [4.69, 9.17) is 10.5 Å².